The first-order chi connectivity index (χ1) is 23.8. The lowest BCUT2D eigenvalue weighted by molar-refractivity contribution is 0.623. The predicted molar refractivity (Wildman–Crippen MR) is 200 cm³/mol. The van der Waals surface area contributed by atoms with E-state index in [4.69, 9.17) is 9.40 Å². The van der Waals surface area contributed by atoms with Crippen LogP contribution in [0.4, 0.5) is 17.1 Å². The predicted octanol–water partition coefficient (Wildman–Crippen LogP) is 12.6. The van der Waals surface area contributed by atoms with Crippen molar-refractivity contribution < 1.29 is 4.42 Å². The zero-order valence-corrected chi connectivity index (χ0v) is 26.1. The summed E-state index contributed by atoms with van der Waals surface area (Å²) < 4.78 is 6.56. The van der Waals surface area contributed by atoms with E-state index in [0.29, 0.717) is 5.89 Å². The van der Waals surface area contributed by atoms with Crippen LogP contribution >= 0.6 is 0 Å². The van der Waals surface area contributed by atoms with Gasteiger partial charge in [-0.3, -0.25) is 0 Å². The monoisotopic (exact) mass is 614 g/mol. The molecule has 0 unspecified atom stereocenters. The molecule has 0 aliphatic rings. The van der Waals surface area contributed by atoms with Gasteiger partial charge >= 0.3 is 0 Å². The molecule has 48 heavy (non-hydrogen) atoms. The second-order valence-corrected chi connectivity index (χ2v) is 12.0. The molecule has 9 aromatic rings. The van der Waals surface area contributed by atoms with Crippen molar-refractivity contribution in [2.45, 2.75) is 0 Å². The zero-order chi connectivity index (χ0) is 31.9. The number of rotatable bonds is 6. The zero-order valence-electron chi connectivity index (χ0n) is 26.1. The molecular formula is C45H30N2O. The van der Waals surface area contributed by atoms with E-state index < -0.39 is 0 Å². The molecule has 3 heteroatoms. The van der Waals surface area contributed by atoms with E-state index in [2.05, 4.69) is 157 Å². The molecule has 3 nitrogen and oxygen atoms in total. The summed E-state index contributed by atoms with van der Waals surface area (Å²) in [5, 5.41) is 4.47. The third kappa shape index (κ3) is 4.90. The van der Waals surface area contributed by atoms with Crippen LogP contribution in [0.5, 0.6) is 0 Å². The number of anilines is 3. The third-order valence-corrected chi connectivity index (χ3v) is 9.06. The lowest BCUT2D eigenvalue weighted by atomic mass is 9.92. The highest BCUT2D eigenvalue weighted by molar-refractivity contribution is 6.22. The van der Waals surface area contributed by atoms with Gasteiger partial charge in [0.15, 0.2) is 5.58 Å². The Morgan fingerprint density at radius 2 is 0.979 bits per heavy atom. The molecule has 0 atom stereocenters. The van der Waals surface area contributed by atoms with Gasteiger partial charge in [-0.2, -0.15) is 0 Å². The summed E-state index contributed by atoms with van der Waals surface area (Å²) in [5.74, 6) is 0.629. The highest BCUT2D eigenvalue weighted by Gasteiger charge is 2.19. The Hall–Kier alpha value is -6.45. The maximum Gasteiger partial charge on any atom is 0.227 e. The van der Waals surface area contributed by atoms with E-state index in [-0.39, 0.29) is 0 Å². The van der Waals surface area contributed by atoms with Crippen molar-refractivity contribution in [1.82, 2.24) is 4.98 Å². The maximum atomic E-state index is 6.56. The smallest absolute Gasteiger partial charge is 0.227 e. The first-order valence-corrected chi connectivity index (χ1v) is 16.2. The van der Waals surface area contributed by atoms with Crippen molar-refractivity contribution in [3.05, 3.63) is 182 Å². The second-order valence-electron chi connectivity index (χ2n) is 12.0. The number of para-hydroxylation sites is 1. The SMILES string of the molecule is c1ccc(-c2ccc(N(c3ccccc3)c3ccc4c(c3)c(-c3ccccc3)cc3ccc5nc(-c6ccccc6)oc5c34)cc2)cc1. The fourth-order valence-corrected chi connectivity index (χ4v) is 6.77. The molecule has 0 aliphatic carbocycles. The lowest BCUT2D eigenvalue weighted by Gasteiger charge is -2.26. The molecule has 0 N–H and O–H groups in total. The van der Waals surface area contributed by atoms with Crippen LogP contribution in [0.15, 0.2) is 186 Å². The van der Waals surface area contributed by atoms with Crippen LogP contribution in [0.3, 0.4) is 0 Å². The number of benzene rings is 8. The standard InChI is InChI=1S/C45H30N2O/c1-5-13-31(14-6-1)32-21-24-37(25-22-32)47(36-19-11-4-12-20-36)38-26-27-39-41(30-38)40(33-15-7-2-8-16-33)29-35-23-28-42-44(43(35)39)48-45(46-42)34-17-9-3-10-18-34/h1-30H. The number of oxazole rings is 1. The van der Waals surface area contributed by atoms with Crippen LogP contribution in [-0.2, 0) is 0 Å². The normalized spacial score (nSPS) is 11.3. The van der Waals surface area contributed by atoms with Crippen LogP contribution < -0.4 is 4.90 Å². The van der Waals surface area contributed by atoms with E-state index in [1.807, 2.05) is 30.3 Å². The van der Waals surface area contributed by atoms with Crippen molar-refractivity contribution in [3.63, 3.8) is 0 Å². The summed E-state index contributed by atoms with van der Waals surface area (Å²) in [5.41, 5.74) is 10.6. The van der Waals surface area contributed by atoms with Gasteiger partial charge in [0.25, 0.3) is 0 Å². The Bertz CT molecular complexity index is 2520. The summed E-state index contributed by atoms with van der Waals surface area (Å²) >= 11 is 0. The van der Waals surface area contributed by atoms with Gasteiger partial charge < -0.3 is 9.32 Å². The highest BCUT2D eigenvalue weighted by atomic mass is 16.3. The van der Waals surface area contributed by atoms with Crippen molar-refractivity contribution in [2.75, 3.05) is 4.90 Å². The van der Waals surface area contributed by atoms with Crippen LogP contribution in [0.2, 0.25) is 0 Å². The molecular weight excluding hydrogens is 585 g/mol. The summed E-state index contributed by atoms with van der Waals surface area (Å²) in [6.45, 7) is 0. The minimum absolute atomic E-state index is 0.629. The first-order valence-electron chi connectivity index (χ1n) is 16.2. The van der Waals surface area contributed by atoms with E-state index in [1.165, 1.54) is 22.3 Å². The molecule has 8 aromatic carbocycles. The molecule has 0 bridgehead atoms. The van der Waals surface area contributed by atoms with Crippen molar-refractivity contribution in [2.24, 2.45) is 0 Å². The van der Waals surface area contributed by atoms with Crippen LogP contribution in [0.25, 0.3) is 66.4 Å². The fourth-order valence-electron chi connectivity index (χ4n) is 6.77. The largest absolute Gasteiger partial charge is 0.435 e. The highest BCUT2D eigenvalue weighted by Crippen LogP contribution is 2.43. The van der Waals surface area contributed by atoms with Gasteiger partial charge in [0.1, 0.15) is 5.52 Å². The molecule has 226 valence electrons. The topological polar surface area (TPSA) is 29.3 Å². The first kappa shape index (κ1) is 27.8. The molecule has 0 saturated carbocycles. The van der Waals surface area contributed by atoms with Crippen molar-refractivity contribution >= 4 is 49.7 Å². The number of aromatic nitrogens is 1. The summed E-state index contributed by atoms with van der Waals surface area (Å²) in [4.78, 5) is 7.23. The van der Waals surface area contributed by atoms with Gasteiger partial charge in [0, 0.05) is 28.0 Å². The Labute approximate surface area is 279 Å². The van der Waals surface area contributed by atoms with E-state index in [0.717, 1.165) is 55.3 Å². The average Bonchev–Trinajstić information content (AvgIpc) is 3.61. The minimum atomic E-state index is 0.629. The Kier molecular flexibility index (Phi) is 6.80. The number of hydrogen-bond donors (Lipinski definition) is 0. The molecule has 0 radical (unpaired) electrons. The van der Waals surface area contributed by atoms with E-state index in [1.54, 1.807) is 0 Å². The number of fused-ring (bicyclic) bond motifs is 5. The minimum Gasteiger partial charge on any atom is -0.435 e. The molecule has 1 heterocycles. The summed E-state index contributed by atoms with van der Waals surface area (Å²) in [6, 6.07) is 64.0. The molecule has 9 rings (SSSR count). The number of nitrogens with zero attached hydrogens (tertiary/aromatic N) is 2. The van der Waals surface area contributed by atoms with Gasteiger partial charge in [-0.05, 0) is 99.1 Å². The van der Waals surface area contributed by atoms with E-state index >= 15 is 0 Å². The fraction of sp³-hybridized carbons (Fsp3) is 0. The molecule has 1 aromatic heterocycles. The van der Waals surface area contributed by atoms with Gasteiger partial charge in [-0.1, -0.05) is 121 Å². The summed E-state index contributed by atoms with van der Waals surface area (Å²) in [6.07, 6.45) is 0. The Balaban J connectivity index is 1.27. The Morgan fingerprint density at radius 1 is 0.417 bits per heavy atom. The van der Waals surface area contributed by atoms with E-state index in [9.17, 15) is 0 Å². The second kappa shape index (κ2) is 11.7. The molecule has 0 spiro atoms. The van der Waals surface area contributed by atoms with Gasteiger partial charge in [-0.15, -0.1) is 0 Å². The number of hydrogen-bond acceptors (Lipinski definition) is 3. The molecule has 0 amide bonds. The molecule has 0 saturated heterocycles. The van der Waals surface area contributed by atoms with Gasteiger partial charge in [-0.25, -0.2) is 4.98 Å². The lowest BCUT2D eigenvalue weighted by Crippen LogP contribution is -2.09. The molecule has 0 aliphatic heterocycles. The quantitative estimate of drug-likeness (QED) is 0.175. The average molecular weight is 615 g/mol. The van der Waals surface area contributed by atoms with Gasteiger partial charge in [0.2, 0.25) is 5.89 Å². The summed E-state index contributed by atoms with van der Waals surface area (Å²) in [7, 11) is 0. The van der Waals surface area contributed by atoms with Crippen LogP contribution in [0, 0.1) is 0 Å². The van der Waals surface area contributed by atoms with Crippen molar-refractivity contribution in [1.29, 1.82) is 0 Å². The van der Waals surface area contributed by atoms with Crippen LogP contribution in [-0.4, -0.2) is 4.98 Å². The Morgan fingerprint density at radius 3 is 1.67 bits per heavy atom. The maximum absolute atomic E-state index is 6.56. The molecule has 0 fully saturated rings. The van der Waals surface area contributed by atoms with Crippen LogP contribution in [0.1, 0.15) is 0 Å². The third-order valence-electron chi connectivity index (χ3n) is 9.06. The van der Waals surface area contributed by atoms with Gasteiger partial charge in [0.05, 0.1) is 0 Å². The van der Waals surface area contributed by atoms with Crippen molar-refractivity contribution in [3.8, 4) is 33.7 Å².